The number of rotatable bonds is 5. The molecule has 2 unspecified atom stereocenters. The highest BCUT2D eigenvalue weighted by atomic mass is 16.6. The fourth-order valence-electron chi connectivity index (χ4n) is 2.88. The first-order chi connectivity index (χ1) is 10.4. The average molecular weight is 306 g/mol. The molecule has 0 bridgehead atoms. The number of aliphatic hydroxyl groups excluding tert-OH is 1. The fraction of sp³-hybridized carbons (Fsp3) is 0.562. The van der Waals surface area contributed by atoms with E-state index < -0.39 is 11.0 Å². The summed E-state index contributed by atoms with van der Waals surface area (Å²) in [4.78, 5) is 24.6. The Balaban J connectivity index is 2.11. The van der Waals surface area contributed by atoms with Gasteiger partial charge in [0.2, 0.25) is 5.91 Å². The molecule has 1 amide bonds. The summed E-state index contributed by atoms with van der Waals surface area (Å²) in [5.41, 5.74) is 0.887. The average Bonchev–Trinajstić information content (AvgIpc) is 2.90. The van der Waals surface area contributed by atoms with E-state index in [-0.39, 0.29) is 23.6 Å². The molecule has 6 heteroatoms. The SMILES string of the molecule is CC(C)N(Cc1ccc([N+](=O)[O-])cc1)C(=O)C1CCCC1O. The van der Waals surface area contributed by atoms with Gasteiger partial charge in [-0.2, -0.15) is 0 Å². The third kappa shape index (κ3) is 3.62. The van der Waals surface area contributed by atoms with E-state index >= 15 is 0 Å². The molecular formula is C16H22N2O4. The molecule has 1 aliphatic rings. The molecule has 0 saturated heterocycles. The van der Waals surface area contributed by atoms with E-state index in [0.717, 1.165) is 18.4 Å². The first-order valence-electron chi connectivity index (χ1n) is 7.62. The molecule has 6 nitrogen and oxygen atoms in total. The van der Waals surface area contributed by atoms with Gasteiger partial charge in [-0.1, -0.05) is 12.1 Å². The Kier molecular flexibility index (Phi) is 5.13. The minimum absolute atomic E-state index is 0.00971. The lowest BCUT2D eigenvalue weighted by atomic mass is 10.0. The molecule has 1 aromatic rings. The van der Waals surface area contributed by atoms with Crippen LogP contribution >= 0.6 is 0 Å². The summed E-state index contributed by atoms with van der Waals surface area (Å²) in [5, 5.41) is 20.6. The quantitative estimate of drug-likeness (QED) is 0.669. The van der Waals surface area contributed by atoms with Gasteiger partial charge in [0.1, 0.15) is 0 Å². The topological polar surface area (TPSA) is 83.7 Å². The van der Waals surface area contributed by atoms with Crippen LogP contribution in [0.4, 0.5) is 5.69 Å². The third-order valence-electron chi connectivity index (χ3n) is 4.20. The Morgan fingerprint density at radius 3 is 2.45 bits per heavy atom. The Morgan fingerprint density at radius 1 is 1.36 bits per heavy atom. The lowest BCUT2D eigenvalue weighted by molar-refractivity contribution is -0.384. The Bertz CT molecular complexity index is 542. The van der Waals surface area contributed by atoms with Crippen LogP contribution in [-0.2, 0) is 11.3 Å². The third-order valence-corrected chi connectivity index (χ3v) is 4.20. The van der Waals surface area contributed by atoms with Crippen LogP contribution in [0.25, 0.3) is 0 Å². The molecule has 1 saturated carbocycles. The highest BCUT2D eigenvalue weighted by Gasteiger charge is 2.35. The second-order valence-corrected chi connectivity index (χ2v) is 6.09. The zero-order valence-corrected chi connectivity index (χ0v) is 12.9. The number of benzene rings is 1. The van der Waals surface area contributed by atoms with E-state index in [1.807, 2.05) is 13.8 Å². The molecule has 2 atom stereocenters. The standard InChI is InChI=1S/C16H22N2O4/c1-11(2)17(16(20)14-4-3-5-15(14)19)10-12-6-8-13(9-7-12)18(21)22/h6-9,11,14-15,19H,3-5,10H2,1-2H3. The van der Waals surface area contributed by atoms with Crippen molar-refractivity contribution in [2.45, 2.75) is 51.8 Å². The van der Waals surface area contributed by atoms with Crippen molar-refractivity contribution in [3.05, 3.63) is 39.9 Å². The van der Waals surface area contributed by atoms with Gasteiger partial charge in [0.15, 0.2) is 0 Å². The molecule has 0 radical (unpaired) electrons. The first-order valence-corrected chi connectivity index (χ1v) is 7.62. The number of carbonyl (C=O) groups is 1. The maximum atomic E-state index is 12.6. The van der Waals surface area contributed by atoms with E-state index in [0.29, 0.717) is 13.0 Å². The summed E-state index contributed by atoms with van der Waals surface area (Å²) in [5.74, 6) is -0.348. The molecular weight excluding hydrogens is 284 g/mol. The Hall–Kier alpha value is -1.95. The van der Waals surface area contributed by atoms with E-state index in [2.05, 4.69) is 0 Å². The zero-order valence-electron chi connectivity index (χ0n) is 12.9. The number of nitrogens with zero attached hydrogens (tertiary/aromatic N) is 2. The van der Waals surface area contributed by atoms with Crippen LogP contribution in [0.5, 0.6) is 0 Å². The van der Waals surface area contributed by atoms with Gasteiger partial charge in [0.05, 0.1) is 16.9 Å². The maximum Gasteiger partial charge on any atom is 0.269 e. The van der Waals surface area contributed by atoms with Crippen molar-refractivity contribution < 1.29 is 14.8 Å². The van der Waals surface area contributed by atoms with Crippen molar-refractivity contribution in [2.75, 3.05) is 0 Å². The molecule has 0 aliphatic heterocycles. The molecule has 1 aliphatic carbocycles. The number of hydrogen-bond acceptors (Lipinski definition) is 4. The van der Waals surface area contributed by atoms with Crippen LogP contribution < -0.4 is 0 Å². The smallest absolute Gasteiger partial charge is 0.269 e. The monoisotopic (exact) mass is 306 g/mol. The number of nitro groups is 1. The van der Waals surface area contributed by atoms with E-state index in [1.165, 1.54) is 12.1 Å². The van der Waals surface area contributed by atoms with Gasteiger partial charge in [-0.25, -0.2) is 0 Å². The molecule has 0 aromatic heterocycles. The van der Waals surface area contributed by atoms with Gasteiger partial charge >= 0.3 is 0 Å². The molecule has 0 spiro atoms. The van der Waals surface area contributed by atoms with Crippen LogP contribution in [0.1, 0.15) is 38.7 Å². The van der Waals surface area contributed by atoms with Gasteiger partial charge in [0, 0.05) is 24.7 Å². The summed E-state index contributed by atoms with van der Waals surface area (Å²) >= 11 is 0. The number of hydrogen-bond donors (Lipinski definition) is 1. The molecule has 1 aromatic carbocycles. The number of aliphatic hydroxyl groups is 1. The van der Waals surface area contributed by atoms with Crippen molar-refractivity contribution in [3.8, 4) is 0 Å². The molecule has 2 rings (SSSR count). The second-order valence-electron chi connectivity index (χ2n) is 6.09. The number of amides is 1. The van der Waals surface area contributed by atoms with Crippen molar-refractivity contribution >= 4 is 11.6 Å². The van der Waals surface area contributed by atoms with Crippen LogP contribution in [0.3, 0.4) is 0 Å². The van der Waals surface area contributed by atoms with Crippen molar-refractivity contribution in [2.24, 2.45) is 5.92 Å². The van der Waals surface area contributed by atoms with Crippen LogP contribution in [-0.4, -0.2) is 33.0 Å². The van der Waals surface area contributed by atoms with Gasteiger partial charge in [-0.3, -0.25) is 14.9 Å². The van der Waals surface area contributed by atoms with Crippen LogP contribution in [0.2, 0.25) is 0 Å². The minimum atomic E-state index is -0.550. The summed E-state index contributed by atoms with van der Waals surface area (Å²) in [6, 6.07) is 6.25. The summed E-state index contributed by atoms with van der Waals surface area (Å²) in [6.07, 6.45) is 1.73. The molecule has 120 valence electrons. The van der Waals surface area contributed by atoms with Gasteiger partial charge in [-0.05, 0) is 38.7 Å². The number of non-ortho nitro benzene ring substituents is 1. The largest absolute Gasteiger partial charge is 0.392 e. The predicted molar refractivity (Wildman–Crippen MR) is 82.1 cm³/mol. The van der Waals surface area contributed by atoms with Crippen molar-refractivity contribution in [1.29, 1.82) is 0 Å². The second kappa shape index (κ2) is 6.87. The summed E-state index contributed by atoms with van der Waals surface area (Å²) in [6.45, 7) is 4.27. The zero-order chi connectivity index (χ0) is 16.3. The lowest BCUT2D eigenvalue weighted by Crippen LogP contribution is -2.42. The highest BCUT2D eigenvalue weighted by molar-refractivity contribution is 5.80. The highest BCUT2D eigenvalue weighted by Crippen LogP contribution is 2.28. The van der Waals surface area contributed by atoms with E-state index in [9.17, 15) is 20.0 Å². The van der Waals surface area contributed by atoms with Crippen LogP contribution in [0.15, 0.2) is 24.3 Å². The van der Waals surface area contributed by atoms with E-state index in [4.69, 9.17) is 0 Å². The predicted octanol–water partition coefficient (Wildman–Crippen LogP) is 2.49. The Labute approximate surface area is 129 Å². The summed E-state index contributed by atoms with van der Waals surface area (Å²) < 4.78 is 0. The van der Waals surface area contributed by atoms with Gasteiger partial charge in [-0.15, -0.1) is 0 Å². The number of carbonyl (C=O) groups excluding carboxylic acids is 1. The molecule has 1 fully saturated rings. The molecule has 0 heterocycles. The first kappa shape index (κ1) is 16.4. The summed E-state index contributed by atoms with van der Waals surface area (Å²) in [7, 11) is 0. The van der Waals surface area contributed by atoms with Gasteiger partial charge < -0.3 is 10.0 Å². The fourth-order valence-corrected chi connectivity index (χ4v) is 2.88. The Morgan fingerprint density at radius 2 is 2.00 bits per heavy atom. The van der Waals surface area contributed by atoms with Crippen molar-refractivity contribution in [3.63, 3.8) is 0 Å². The van der Waals surface area contributed by atoms with Crippen LogP contribution in [0, 0.1) is 16.0 Å². The van der Waals surface area contributed by atoms with Crippen molar-refractivity contribution in [1.82, 2.24) is 4.90 Å². The van der Waals surface area contributed by atoms with E-state index in [1.54, 1.807) is 17.0 Å². The minimum Gasteiger partial charge on any atom is -0.392 e. The van der Waals surface area contributed by atoms with Gasteiger partial charge in [0.25, 0.3) is 5.69 Å². The lowest BCUT2D eigenvalue weighted by Gasteiger charge is -2.30. The molecule has 1 N–H and O–H groups in total. The normalized spacial score (nSPS) is 21.1. The number of nitro benzene ring substituents is 1. The molecule has 22 heavy (non-hydrogen) atoms. The maximum absolute atomic E-state index is 12.6.